The van der Waals surface area contributed by atoms with E-state index in [0.717, 1.165) is 11.1 Å². The van der Waals surface area contributed by atoms with Gasteiger partial charge in [-0.1, -0.05) is 29.8 Å². The van der Waals surface area contributed by atoms with Crippen molar-refractivity contribution in [2.45, 2.75) is 40.2 Å². The van der Waals surface area contributed by atoms with Gasteiger partial charge >= 0.3 is 5.97 Å². The number of pyridine rings is 1. The SMILES string of the molecule is Cc1ccc(CCC(=O)OCc2cc(=O)n3cc(C)ccc3n2)c(C)c1. The molecule has 0 saturated heterocycles. The molecule has 0 bridgehead atoms. The van der Waals surface area contributed by atoms with E-state index in [-0.39, 0.29) is 18.1 Å². The number of fused-ring (bicyclic) bond motifs is 1. The summed E-state index contributed by atoms with van der Waals surface area (Å²) in [4.78, 5) is 28.6. The molecule has 2 heterocycles. The average Bonchev–Trinajstić information content (AvgIpc) is 2.60. The molecule has 1 aromatic carbocycles. The van der Waals surface area contributed by atoms with Crippen LogP contribution in [0.25, 0.3) is 5.65 Å². The van der Waals surface area contributed by atoms with Crippen LogP contribution in [-0.2, 0) is 22.6 Å². The Labute approximate surface area is 152 Å². The van der Waals surface area contributed by atoms with E-state index >= 15 is 0 Å². The van der Waals surface area contributed by atoms with Gasteiger partial charge in [0.2, 0.25) is 0 Å². The van der Waals surface area contributed by atoms with Crippen LogP contribution in [-0.4, -0.2) is 15.4 Å². The third kappa shape index (κ3) is 4.17. The second kappa shape index (κ2) is 7.52. The van der Waals surface area contributed by atoms with E-state index in [9.17, 15) is 9.59 Å². The zero-order valence-corrected chi connectivity index (χ0v) is 15.3. The number of hydrogen-bond acceptors (Lipinski definition) is 4. The molecule has 2 aromatic heterocycles. The van der Waals surface area contributed by atoms with Gasteiger partial charge in [0, 0.05) is 18.7 Å². The maximum atomic E-state index is 12.2. The number of carbonyl (C=O) groups is 1. The van der Waals surface area contributed by atoms with Crippen LogP contribution in [0.3, 0.4) is 0 Å². The summed E-state index contributed by atoms with van der Waals surface area (Å²) < 4.78 is 6.78. The molecule has 3 aromatic rings. The summed E-state index contributed by atoms with van der Waals surface area (Å²) in [7, 11) is 0. The molecule has 0 amide bonds. The van der Waals surface area contributed by atoms with E-state index in [4.69, 9.17) is 4.74 Å². The van der Waals surface area contributed by atoms with Crippen molar-refractivity contribution in [3.63, 3.8) is 0 Å². The van der Waals surface area contributed by atoms with Gasteiger partial charge in [-0.3, -0.25) is 14.0 Å². The lowest BCUT2D eigenvalue weighted by molar-refractivity contribution is -0.145. The van der Waals surface area contributed by atoms with Crippen molar-refractivity contribution in [3.8, 4) is 0 Å². The number of nitrogens with zero attached hydrogens (tertiary/aromatic N) is 2. The third-order valence-corrected chi connectivity index (χ3v) is 4.34. The highest BCUT2D eigenvalue weighted by atomic mass is 16.5. The van der Waals surface area contributed by atoms with Crippen LogP contribution in [0.2, 0.25) is 0 Å². The number of aryl methyl sites for hydroxylation is 4. The van der Waals surface area contributed by atoms with Crippen molar-refractivity contribution in [1.29, 1.82) is 0 Å². The Morgan fingerprint density at radius 2 is 1.85 bits per heavy atom. The largest absolute Gasteiger partial charge is 0.459 e. The summed E-state index contributed by atoms with van der Waals surface area (Å²) >= 11 is 0. The van der Waals surface area contributed by atoms with E-state index in [0.29, 0.717) is 24.2 Å². The van der Waals surface area contributed by atoms with Crippen LogP contribution in [0.15, 0.2) is 47.4 Å². The van der Waals surface area contributed by atoms with Gasteiger partial charge in [-0.15, -0.1) is 0 Å². The van der Waals surface area contributed by atoms with Gasteiger partial charge in [-0.05, 0) is 49.9 Å². The quantitative estimate of drug-likeness (QED) is 0.663. The van der Waals surface area contributed by atoms with Crippen molar-refractivity contribution >= 4 is 11.6 Å². The maximum absolute atomic E-state index is 12.2. The summed E-state index contributed by atoms with van der Waals surface area (Å²) in [5.74, 6) is -0.295. The average molecular weight is 350 g/mol. The third-order valence-electron chi connectivity index (χ3n) is 4.34. The zero-order chi connectivity index (χ0) is 18.7. The van der Waals surface area contributed by atoms with E-state index in [2.05, 4.69) is 11.1 Å². The van der Waals surface area contributed by atoms with Crippen LogP contribution in [0, 0.1) is 20.8 Å². The molecule has 0 unspecified atom stereocenters. The lowest BCUT2D eigenvalue weighted by Crippen LogP contribution is -2.17. The van der Waals surface area contributed by atoms with Crippen LogP contribution in [0.5, 0.6) is 0 Å². The fourth-order valence-electron chi connectivity index (χ4n) is 2.92. The number of hydrogen-bond donors (Lipinski definition) is 0. The predicted molar refractivity (Wildman–Crippen MR) is 100 cm³/mol. The first-order chi connectivity index (χ1) is 12.4. The predicted octanol–water partition coefficient (Wildman–Crippen LogP) is 3.30. The Bertz CT molecular complexity index is 1020. The Hall–Kier alpha value is -2.95. The summed E-state index contributed by atoms with van der Waals surface area (Å²) in [5, 5.41) is 0. The van der Waals surface area contributed by atoms with Crippen LogP contribution < -0.4 is 5.56 Å². The Kier molecular flexibility index (Phi) is 5.16. The van der Waals surface area contributed by atoms with E-state index in [1.54, 1.807) is 12.3 Å². The monoisotopic (exact) mass is 350 g/mol. The number of rotatable bonds is 5. The number of carbonyl (C=O) groups excluding carboxylic acids is 1. The summed E-state index contributed by atoms with van der Waals surface area (Å²) in [6.45, 7) is 6.01. The molecular formula is C21H22N2O3. The number of ether oxygens (including phenoxy) is 1. The molecule has 5 heteroatoms. The molecule has 0 spiro atoms. The number of esters is 1. The number of benzene rings is 1. The molecule has 0 aliphatic rings. The smallest absolute Gasteiger partial charge is 0.306 e. The van der Waals surface area contributed by atoms with Crippen molar-refractivity contribution in [2.75, 3.05) is 0 Å². The van der Waals surface area contributed by atoms with Crippen molar-refractivity contribution < 1.29 is 9.53 Å². The van der Waals surface area contributed by atoms with Crippen molar-refractivity contribution in [1.82, 2.24) is 9.38 Å². The molecule has 134 valence electrons. The number of aromatic nitrogens is 2. The first-order valence-electron chi connectivity index (χ1n) is 8.63. The molecule has 0 fully saturated rings. The summed E-state index contributed by atoms with van der Waals surface area (Å²) in [6, 6.07) is 11.3. The van der Waals surface area contributed by atoms with Crippen LogP contribution in [0.1, 0.15) is 34.4 Å². The van der Waals surface area contributed by atoms with E-state index in [1.165, 1.54) is 21.6 Å². The van der Waals surface area contributed by atoms with Gasteiger partial charge in [0.05, 0.1) is 5.69 Å². The fraction of sp³-hybridized carbons (Fsp3) is 0.286. The minimum absolute atomic E-state index is 0.00529. The highest BCUT2D eigenvalue weighted by Crippen LogP contribution is 2.13. The van der Waals surface area contributed by atoms with Gasteiger partial charge in [0.1, 0.15) is 12.3 Å². The minimum Gasteiger partial charge on any atom is -0.459 e. The van der Waals surface area contributed by atoms with E-state index in [1.807, 2.05) is 39.0 Å². The normalized spacial score (nSPS) is 10.9. The first kappa shape index (κ1) is 17.9. The second-order valence-corrected chi connectivity index (χ2v) is 6.61. The first-order valence-corrected chi connectivity index (χ1v) is 8.63. The van der Waals surface area contributed by atoms with Crippen LogP contribution in [0.4, 0.5) is 0 Å². The van der Waals surface area contributed by atoms with Gasteiger partial charge in [0.15, 0.2) is 0 Å². The molecule has 0 aliphatic heterocycles. The Balaban J connectivity index is 1.61. The highest BCUT2D eigenvalue weighted by Gasteiger charge is 2.08. The second-order valence-electron chi connectivity index (χ2n) is 6.61. The van der Waals surface area contributed by atoms with Gasteiger partial charge in [0.25, 0.3) is 5.56 Å². The minimum atomic E-state index is -0.295. The fourth-order valence-corrected chi connectivity index (χ4v) is 2.92. The molecule has 0 N–H and O–H groups in total. The maximum Gasteiger partial charge on any atom is 0.306 e. The molecule has 26 heavy (non-hydrogen) atoms. The molecule has 0 atom stereocenters. The van der Waals surface area contributed by atoms with Gasteiger partial charge in [-0.25, -0.2) is 4.98 Å². The molecular weight excluding hydrogens is 328 g/mol. The van der Waals surface area contributed by atoms with Crippen molar-refractivity contribution in [2.24, 2.45) is 0 Å². The zero-order valence-electron chi connectivity index (χ0n) is 15.3. The van der Waals surface area contributed by atoms with Gasteiger partial charge < -0.3 is 4.74 Å². The highest BCUT2D eigenvalue weighted by molar-refractivity contribution is 5.69. The summed E-state index contributed by atoms with van der Waals surface area (Å²) in [6.07, 6.45) is 2.68. The molecule has 0 radical (unpaired) electrons. The lowest BCUT2D eigenvalue weighted by Gasteiger charge is -2.08. The lowest BCUT2D eigenvalue weighted by atomic mass is 10.0. The molecule has 0 saturated carbocycles. The molecule has 5 nitrogen and oxygen atoms in total. The van der Waals surface area contributed by atoms with E-state index < -0.39 is 0 Å². The summed E-state index contributed by atoms with van der Waals surface area (Å²) in [5.41, 5.74) is 5.33. The Morgan fingerprint density at radius 1 is 1.08 bits per heavy atom. The molecule has 0 aliphatic carbocycles. The standard InChI is InChI=1S/C21H22N2O3/c1-14-4-6-17(16(3)10-14)7-9-21(25)26-13-18-11-20(24)23-12-15(2)5-8-19(23)22-18/h4-6,8,10-12H,7,9,13H2,1-3H3. The Morgan fingerprint density at radius 3 is 2.62 bits per heavy atom. The van der Waals surface area contributed by atoms with Gasteiger partial charge in [-0.2, -0.15) is 0 Å². The van der Waals surface area contributed by atoms with Crippen molar-refractivity contribution in [3.05, 3.63) is 80.9 Å². The van der Waals surface area contributed by atoms with Crippen LogP contribution >= 0.6 is 0 Å². The molecule has 3 rings (SSSR count). The topological polar surface area (TPSA) is 60.7 Å².